The van der Waals surface area contributed by atoms with Crippen molar-refractivity contribution >= 4 is 30.7 Å². The summed E-state index contributed by atoms with van der Waals surface area (Å²) in [7, 11) is 0. The quantitative estimate of drug-likeness (QED) is 0.710. The Balaban J connectivity index is 0.00000150. The second-order valence-electron chi connectivity index (χ2n) is 8.39. The summed E-state index contributed by atoms with van der Waals surface area (Å²) < 4.78 is 0. The highest BCUT2D eigenvalue weighted by Gasteiger charge is 2.32. The third kappa shape index (κ3) is 6.56. The normalized spacial score (nSPS) is 23.7. The molecular formula is C22H36Cl2N4O. The van der Waals surface area contributed by atoms with Crippen LogP contribution in [0.1, 0.15) is 49.8 Å². The van der Waals surface area contributed by atoms with E-state index in [-0.39, 0.29) is 36.8 Å². The highest BCUT2D eigenvalue weighted by atomic mass is 35.5. The van der Waals surface area contributed by atoms with Crippen molar-refractivity contribution in [2.75, 3.05) is 39.3 Å². The molecule has 29 heavy (non-hydrogen) atoms. The van der Waals surface area contributed by atoms with E-state index in [9.17, 15) is 4.79 Å². The number of likely N-dealkylation sites (tertiary alicyclic amines) is 1. The lowest BCUT2D eigenvalue weighted by Crippen LogP contribution is -2.52. The zero-order chi connectivity index (χ0) is 18.6. The highest BCUT2D eigenvalue weighted by molar-refractivity contribution is 5.85. The van der Waals surface area contributed by atoms with Gasteiger partial charge in [-0.1, -0.05) is 31.2 Å². The minimum absolute atomic E-state index is 0. The molecule has 5 nitrogen and oxygen atoms in total. The van der Waals surface area contributed by atoms with Gasteiger partial charge in [-0.2, -0.15) is 0 Å². The zero-order valence-electron chi connectivity index (χ0n) is 17.4. The molecule has 7 heteroatoms. The van der Waals surface area contributed by atoms with E-state index in [1.165, 1.54) is 24.0 Å². The van der Waals surface area contributed by atoms with Gasteiger partial charge in [-0.15, -0.1) is 24.8 Å². The summed E-state index contributed by atoms with van der Waals surface area (Å²) in [6, 6.07) is 10.4. The molecular weight excluding hydrogens is 407 g/mol. The first-order valence-corrected chi connectivity index (χ1v) is 10.8. The number of piperazine rings is 1. The highest BCUT2D eigenvalue weighted by Crippen LogP contribution is 2.29. The van der Waals surface area contributed by atoms with E-state index in [1.54, 1.807) is 0 Å². The Morgan fingerprint density at radius 3 is 2.38 bits per heavy atom. The summed E-state index contributed by atoms with van der Waals surface area (Å²) >= 11 is 0. The van der Waals surface area contributed by atoms with E-state index in [0.29, 0.717) is 12.6 Å². The lowest BCUT2D eigenvalue weighted by atomic mass is 10.0. The lowest BCUT2D eigenvalue weighted by Gasteiger charge is -2.37. The summed E-state index contributed by atoms with van der Waals surface area (Å²) in [6.07, 6.45) is 6.02. The van der Waals surface area contributed by atoms with E-state index in [4.69, 9.17) is 0 Å². The van der Waals surface area contributed by atoms with Crippen LogP contribution in [0.2, 0.25) is 0 Å². The molecule has 4 rings (SSSR count). The number of benzene rings is 1. The van der Waals surface area contributed by atoms with E-state index < -0.39 is 0 Å². The Kier molecular flexibility index (Phi) is 9.70. The second kappa shape index (κ2) is 11.5. The van der Waals surface area contributed by atoms with Crippen LogP contribution in [-0.2, 0) is 11.2 Å². The van der Waals surface area contributed by atoms with Crippen LogP contribution in [0.4, 0.5) is 0 Å². The van der Waals surface area contributed by atoms with E-state index in [0.717, 1.165) is 58.0 Å². The first kappa shape index (κ1) is 24.4. The number of carbonyl (C=O) groups excluding carboxylic acids is 1. The van der Waals surface area contributed by atoms with Crippen molar-refractivity contribution in [3.05, 3.63) is 35.4 Å². The van der Waals surface area contributed by atoms with Gasteiger partial charge < -0.3 is 15.5 Å². The molecule has 2 N–H and O–H groups in total. The summed E-state index contributed by atoms with van der Waals surface area (Å²) in [5, 5.41) is 6.80. The number of amides is 1. The SMILES string of the molecule is CCc1ccc(C2CNCCN2CC(=O)NC2CCN(C3CC3)CC2)cc1.Cl.Cl. The minimum atomic E-state index is 0. The predicted octanol–water partition coefficient (Wildman–Crippen LogP) is 2.78. The number of piperidine rings is 1. The van der Waals surface area contributed by atoms with Gasteiger partial charge in [0, 0.05) is 50.8 Å². The second-order valence-corrected chi connectivity index (χ2v) is 8.39. The Bertz CT molecular complexity index is 630. The van der Waals surface area contributed by atoms with Gasteiger partial charge in [0.25, 0.3) is 0 Å². The molecule has 2 saturated heterocycles. The van der Waals surface area contributed by atoms with E-state index >= 15 is 0 Å². The number of carbonyl (C=O) groups is 1. The molecule has 1 amide bonds. The van der Waals surface area contributed by atoms with Crippen molar-refractivity contribution in [2.24, 2.45) is 0 Å². The molecule has 1 aromatic rings. The molecule has 0 bridgehead atoms. The number of hydrogen-bond acceptors (Lipinski definition) is 4. The van der Waals surface area contributed by atoms with Crippen LogP contribution in [0.15, 0.2) is 24.3 Å². The average molecular weight is 443 g/mol. The van der Waals surface area contributed by atoms with Crippen LogP contribution in [0, 0.1) is 0 Å². The molecule has 2 heterocycles. The molecule has 164 valence electrons. The van der Waals surface area contributed by atoms with Crippen molar-refractivity contribution in [2.45, 2.75) is 57.2 Å². The maximum Gasteiger partial charge on any atom is 0.234 e. The maximum absolute atomic E-state index is 12.7. The van der Waals surface area contributed by atoms with Crippen LogP contribution in [0.5, 0.6) is 0 Å². The van der Waals surface area contributed by atoms with Crippen molar-refractivity contribution in [3.63, 3.8) is 0 Å². The molecule has 0 aromatic heterocycles. The fourth-order valence-electron chi connectivity index (χ4n) is 4.55. The first-order valence-electron chi connectivity index (χ1n) is 10.8. The average Bonchev–Trinajstić information content (AvgIpc) is 3.54. The summed E-state index contributed by atoms with van der Waals surface area (Å²) in [5.41, 5.74) is 2.68. The predicted molar refractivity (Wildman–Crippen MR) is 123 cm³/mol. The topological polar surface area (TPSA) is 47.6 Å². The molecule has 1 atom stereocenters. The van der Waals surface area contributed by atoms with E-state index in [2.05, 4.69) is 51.6 Å². The fourth-order valence-corrected chi connectivity index (χ4v) is 4.55. The number of nitrogens with one attached hydrogen (secondary N) is 2. The Labute approximate surface area is 187 Å². The van der Waals surface area contributed by atoms with Gasteiger partial charge in [-0.3, -0.25) is 9.69 Å². The van der Waals surface area contributed by atoms with Crippen LogP contribution >= 0.6 is 24.8 Å². The molecule has 1 saturated carbocycles. The molecule has 3 fully saturated rings. The standard InChI is InChI=1S/C22H34N4O.2ClH/c1-2-17-3-5-18(6-4-17)21-15-23-11-14-26(21)16-22(27)24-19-9-12-25(13-10-19)20-7-8-20;;/h3-6,19-21,23H,2,7-16H2,1H3,(H,24,27);2*1H. The van der Waals surface area contributed by atoms with Gasteiger partial charge >= 0.3 is 0 Å². The van der Waals surface area contributed by atoms with Crippen LogP contribution in [0.3, 0.4) is 0 Å². The van der Waals surface area contributed by atoms with Crippen molar-refractivity contribution in [1.82, 2.24) is 20.4 Å². The third-order valence-corrected chi connectivity index (χ3v) is 6.43. The zero-order valence-corrected chi connectivity index (χ0v) is 19.1. The first-order chi connectivity index (χ1) is 13.2. The van der Waals surface area contributed by atoms with Gasteiger partial charge in [0.15, 0.2) is 0 Å². The number of hydrogen-bond donors (Lipinski definition) is 2. The summed E-state index contributed by atoms with van der Waals surface area (Å²) in [5.74, 6) is 0.192. The smallest absolute Gasteiger partial charge is 0.234 e. The maximum atomic E-state index is 12.7. The van der Waals surface area contributed by atoms with Gasteiger partial charge in [-0.25, -0.2) is 0 Å². The largest absolute Gasteiger partial charge is 0.352 e. The third-order valence-electron chi connectivity index (χ3n) is 6.43. The Hall–Kier alpha value is -0.850. The molecule has 0 radical (unpaired) electrons. The number of rotatable bonds is 6. The van der Waals surface area contributed by atoms with Gasteiger partial charge in [0.05, 0.1) is 6.54 Å². The molecule has 0 spiro atoms. The lowest BCUT2D eigenvalue weighted by molar-refractivity contribution is -0.124. The van der Waals surface area contributed by atoms with Crippen molar-refractivity contribution < 1.29 is 4.79 Å². The minimum Gasteiger partial charge on any atom is -0.352 e. The molecule has 2 aliphatic heterocycles. The van der Waals surface area contributed by atoms with Crippen LogP contribution in [0.25, 0.3) is 0 Å². The Morgan fingerprint density at radius 1 is 1.07 bits per heavy atom. The van der Waals surface area contributed by atoms with Crippen LogP contribution in [-0.4, -0.2) is 67.1 Å². The van der Waals surface area contributed by atoms with Gasteiger partial charge in [-0.05, 0) is 43.2 Å². The molecule has 1 unspecified atom stereocenters. The summed E-state index contributed by atoms with van der Waals surface area (Å²) in [4.78, 5) is 17.6. The Morgan fingerprint density at radius 2 is 1.76 bits per heavy atom. The molecule has 3 aliphatic rings. The monoisotopic (exact) mass is 442 g/mol. The van der Waals surface area contributed by atoms with Crippen molar-refractivity contribution in [3.8, 4) is 0 Å². The van der Waals surface area contributed by atoms with Gasteiger partial charge in [0.1, 0.15) is 0 Å². The number of halogens is 2. The number of nitrogens with zero attached hydrogens (tertiary/aromatic N) is 2. The van der Waals surface area contributed by atoms with Gasteiger partial charge in [0.2, 0.25) is 5.91 Å². The fraction of sp³-hybridized carbons (Fsp3) is 0.682. The van der Waals surface area contributed by atoms with E-state index in [1.807, 2.05) is 0 Å². The molecule has 1 aliphatic carbocycles. The van der Waals surface area contributed by atoms with Crippen molar-refractivity contribution in [1.29, 1.82) is 0 Å². The van der Waals surface area contributed by atoms with Crippen LogP contribution < -0.4 is 10.6 Å². The molecule has 1 aromatic carbocycles. The summed E-state index contributed by atoms with van der Waals surface area (Å²) in [6.45, 7) is 7.78. The number of aryl methyl sites for hydroxylation is 1.